The van der Waals surface area contributed by atoms with Gasteiger partial charge in [0.25, 0.3) is 0 Å². The minimum Gasteiger partial charge on any atom is -0.387 e. The molecule has 0 saturated heterocycles. The molecule has 0 heterocycles. The summed E-state index contributed by atoms with van der Waals surface area (Å²) in [5, 5.41) is 14.4. The number of nitrogens with one attached hydrogen (secondary N) is 1. The zero-order chi connectivity index (χ0) is 13.7. The molecule has 0 aliphatic heterocycles. The van der Waals surface area contributed by atoms with E-state index in [0.717, 1.165) is 29.1 Å². The summed E-state index contributed by atoms with van der Waals surface area (Å²) in [4.78, 5) is 0. The molecule has 0 spiro atoms. The number of hydrogen-bond acceptors (Lipinski definition) is 2. The van der Waals surface area contributed by atoms with Gasteiger partial charge in [0, 0.05) is 11.1 Å². The van der Waals surface area contributed by atoms with Crippen LogP contribution in [0, 0.1) is 12.8 Å². The number of rotatable bonds is 6. The number of benzene rings is 1. The third-order valence-corrected chi connectivity index (χ3v) is 3.61. The number of halogens is 1. The fourth-order valence-corrected chi connectivity index (χ4v) is 1.97. The predicted octanol–water partition coefficient (Wildman–Crippen LogP) is 3.71. The molecule has 0 aromatic heterocycles. The van der Waals surface area contributed by atoms with Crippen molar-refractivity contribution in [2.24, 2.45) is 5.92 Å². The van der Waals surface area contributed by atoms with Crippen LogP contribution in [0.3, 0.4) is 0 Å². The average molecular weight is 270 g/mol. The molecule has 3 heteroatoms. The molecule has 0 aliphatic rings. The first kappa shape index (κ1) is 15.5. The Balaban J connectivity index is 2.56. The zero-order valence-corrected chi connectivity index (χ0v) is 12.5. The summed E-state index contributed by atoms with van der Waals surface area (Å²) in [5.74, 6) is 0.680. The molecule has 2 nitrogen and oxygen atoms in total. The van der Waals surface area contributed by atoms with Gasteiger partial charge >= 0.3 is 0 Å². The molecule has 102 valence electrons. The Labute approximate surface area is 115 Å². The molecule has 1 aromatic carbocycles. The molecule has 0 saturated carbocycles. The normalized spacial score (nSPS) is 14.8. The summed E-state index contributed by atoms with van der Waals surface area (Å²) in [6.45, 7) is 9.30. The number of aryl methyl sites for hydroxylation is 1. The Morgan fingerprint density at radius 1 is 1.28 bits per heavy atom. The van der Waals surface area contributed by atoms with E-state index in [0.29, 0.717) is 5.92 Å². The summed E-state index contributed by atoms with van der Waals surface area (Å²) in [5.41, 5.74) is 1.92. The SMILES string of the molecule is Cc1cc(C(O)C(C)NCCC(C)C)ccc1Cl. The van der Waals surface area contributed by atoms with Gasteiger partial charge in [-0.25, -0.2) is 0 Å². The third kappa shape index (κ3) is 4.60. The fourth-order valence-electron chi connectivity index (χ4n) is 1.85. The highest BCUT2D eigenvalue weighted by Gasteiger charge is 2.16. The summed E-state index contributed by atoms with van der Waals surface area (Å²) in [6.07, 6.45) is 0.629. The van der Waals surface area contributed by atoms with E-state index in [-0.39, 0.29) is 6.04 Å². The standard InChI is InChI=1S/C15H24ClNO/c1-10(2)7-8-17-12(4)15(18)13-5-6-14(16)11(3)9-13/h5-6,9-10,12,15,17-18H,7-8H2,1-4H3. The van der Waals surface area contributed by atoms with Gasteiger partial charge in [-0.1, -0.05) is 37.6 Å². The van der Waals surface area contributed by atoms with E-state index in [1.165, 1.54) is 0 Å². The van der Waals surface area contributed by atoms with Crippen LogP contribution in [-0.4, -0.2) is 17.7 Å². The van der Waals surface area contributed by atoms with Crippen molar-refractivity contribution in [2.45, 2.75) is 46.3 Å². The Hall–Kier alpha value is -0.570. The summed E-state index contributed by atoms with van der Waals surface area (Å²) >= 11 is 5.99. The van der Waals surface area contributed by atoms with E-state index in [9.17, 15) is 5.11 Å². The van der Waals surface area contributed by atoms with Gasteiger partial charge in [-0.3, -0.25) is 0 Å². The van der Waals surface area contributed by atoms with E-state index in [4.69, 9.17) is 11.6 Å². The first-order valence-electron chi connectivity index (χ1n) is 6.59. The van der Waals surface area contributed by atoms with Gasteiger partial charge in [0.2, 0.25) is 0 Å². The second-order valence-electron chi connectivity index (χ2n) is 5.38. The Morgan fingerprint density at radius 2 is 1.94 bits per heavy atom. The van der Waals surface area contributed by atoms with Crippen LogP contribution in [0.2, 0.25) is 5.02 Å². The summed E-state index contributed by atoms with van der Waals surface area (Å²) < 4.78 is 0. The maximum Gasteiger partial charge on any atom is 0.0940 e. The van der Waals surface area contributed by atoms with E-state index >= 15 is 0 Å². The molecule has 0 aliphatic carbocycles. The van der Waals surface area contributed by atoms with Gasteiger partial charge in [-0.2, -0.15) is 0 Å². The molecule has 18 heavy (non-hydrogen) atoms. The molecule has 0 radical (unpaired) electrons. The molecular formula is C15H24ClNO. The molecule has 2 atom stereocenters. The lowest BCUT2D eigenvalue weighted by Crippen LogP contribution is -2.33. The molecule has 2 N–H and O–H groups in total. The Morgan fingerprint density at radius 3 is 2.50 bits per heavy atom. The first-order chi connectivity index (χ1) is 8.41. The van der Waals surface area contributed by atoms with Crippen molar-refractivity contribution in [1.82, 2.24) is 5.32 Å². The highest BCUT2D eigenvalue weighted by Crippen LogP contribution is 2.22. The van der Waals surface area contributed by atoms with Crippen LogP contribution in [0.5, 0.6) is 0 Å². The van der Waals surface area contributed by atoms with E-state index < -0.39 is 6.10 Å². The van der Waals surface area contributed by atoms with Crippen LogP contribution in [0.15, 0.2) is 18.2 Å². The summed E-state index contributed by atoms with van der Waals surface area (Å²) in [6, 6.07) is 5.73. The van der Waals surface area contributed by atoms with Gasteiger partial charge in [0.05, 0.1) is 6.10 Å². The molecule has 1 aromatic rings. The topological polar surface area (TPSA) is 32.3 Å². The van der Waals surface area contributed by atoms with Crippen LogP contribution in [0.4, 0.5) is 0 Å². The largest absolute Gasteiger partial charge is 0.387 e. The van der Waals surface area contributed by atoms with Gasteiger partial charge in [0.15, 0.2) is 0 Å². The van der Waals surface area contributed by atoms with Crippen LogP contribution in [0.25, 0.3) is 0 Å². The molecule has 2 unspecified atom stereocenters. The maximum absolute atomic E-state index is 10.3. The molecule has 1 rings (SSSR count). The molecule has 0 bridgehead atoms. The van der Waals surface area contributed by atoms with Crippen molar-refractivity contribution in [1.29, 1.82) is 0 Å². The van der Waals surface area contributed by atoms with Crippen molar-refractivity contribution in [3.8, 4) is 0 Å². The van der Waals surface area contributed by atoms with E-state index in [2.05, 4.69) is 19.2 Å². The minimum absolute atomic E-state index is 0.0457. The Bertz CT molecular complexity index is 379. The van der Waals surface area contributed by atoms with Gasteiger partial charge in [-0.15, -0.1) is 0 Å². The van der Waals surface area contributed by atoms with E-state index in [1.54, 1.807) is 0 Å². The highest BCUT2D eigenvalue weighted by atomic mass is 35.5. The van der Waals surface area contributed by atoms with Crippen molar-refractivity contribution < 1.29 is 5.11 Å². The van der Waals surface area contributed by atoms with Gasteiger partial charge in [-0.05, 0) is 49.9 Å². The van der Waals surface area contributed by atoms with Crippen LogP contribution in [-0.2, 0) is 0 Å². The second-order valence-corrected chi connectivity index (χ2v) is 5.79. The lowest BCUT2D eigenvalue weighted by Gasteiger charge is -2.21. The maximum atomic E-state index is 10.3. The fraction of sp³-hybridized carbons (Fsp3) is 0.600. The quantitative estimate of drug-likeness (QED) is 0.825. The lowest BCUT2D eigenvalue weighted by molar-refractivity contribution is 0.135. The van der Waals surface area contributed by atoms with Gasteiger partial charge in [0.1, 0.15) is 0 Å². The summed E-state index contributed by atoms with van der Waals surface area (Å²) in [7, 11) is 0. The monoisotopic (exact) mass is 269 g/mol. The smallest absolute Gasteiger partial charge is 0.0940 e. The van der Waals surface area contributed by atoms with Crippen molar-refractivity contribution in [3.63, 3.8) is 0 Å². The zero-order valence-electron chi connectivity index (χ0n) is 11.7. The molecular weight excluding hydrogens is 246 g/mol. The van der Waals surface area contributed by atoms with Crippen LogP contribution in [0.1, 0.15) is 44.4 Å². The van der Waals surface area contributed by atoms with Crippen molar-refractivity contribution >= 4 is 11.6 Å². The third-order valence-electron chi connectivity index (χ3n) is 3.19. The number of aliphatic hydroxyl groups excluding tert-OH is 1. The lowest BCUT2D eigenvalue weighted by atomic mass is 10.0. The van der Waals surface area contributed by atoms with E-state index in [1.807, 2.05) is 32.0 Å². The van der Waals surface area contributed by atoms with Gasteiger partial charge < -0.3 is 10.4 Å². The van der Waals surface area contributed by atoms with Crippen LogP contribution >= 0.6 is 11.6 Å². The molecule has 0 fully saturated rings. The highest BCUT2D eigenvalue weighted by molar-refractivity contribution is 6.31. The predicted molar refractivity (Wildman–Crippen MR) is 78.1 cm³/mol. The van der Waals surface area contributed by atoms with Crippen LogP contribution < -0.4 is 5.32 Å². The first-order valence-corrected chi connectivity index (χ1v) is 6.97. The Kier molecular flexibility index (Phi) is 6.13. The number of aliphatic hydroxyl groups is 1. The second kappa shape index (κ2) is 7.13. The number of hydrogen-bond donors (Lipinski definition) is 2. The van der Waals surface area contributed by atoms with Crippen molar-refractivity contribution in [2.75, 3.05) is 6.54 Å². The van der Waals surface area contributed by atoms with Crippen molar-refractivity contribution in [3.05, 3.63) is 34.3 Å². The molecule has 0 amide bonds. The average Bonchev–Trinajstić information content (AvgIpc) is 2.31. The minimum atomic E-state index is -0.492.